The topological polar surface area (TPSA) is 70.7 Å². The molecule has 0 bridgehead atoms. The lowest BCUT2D eigenvalue weighted by Crippen LogP contribution is -2.16. The largest absolute Gasteiger partial charge is 0.479 e. The van der Waals surface area contributed by atoms with E-state index in [0.717, 1.165) is 25.7 Å². The highest BCUT2D eigenvalue weighted by atomic mass is 19.4. The summed E-state index contributed by atoms with van der Waals surface area (Å²) in [5, 5.41) is 7.85. The Labute approximate surface area is 153 Å². The van der Waals surface area contributed by atoms with E-state index in [1.165, 1.54) is 29.1 Å². The molecule has 0 aliphatic heterocycles. The number of nitrogens with zero attached hydrogens (tertiary/aromatic N) is 6. The van der Waals surface area contributed by atoms with Gasteiger partial charge >= 0.3 is 6.18 Å². The maximum atomic E-state index is 13.6. The second-order valence-corrected chi connectivity index (χ2v) is 6.71. The van der Waals surface area contributed by atoms with Crippen molar-refractivity contribution in [3.05, 3.63) is 24.2 Å². The summed E-state index contributed by atoms with van der Waals surface area (Å²) in [6.45, 7) is 0.396. The summed E-state index contributed by atoms with van der Waals surface area (Å²) < 4.78 is 48.8. The Hall–Kier alpha value is -2.65. The van der Waals surface area contributed by atoms with E-state index in [1.807, 2.05) is 0 Å². The number of hydrogen-bond donors (Lipinski definition) is 0. The Morgan fingerprint density at radius 3 is 2.59 bits per heavy atom. The van der Waals surface area contributed by atoms with Crippen LogP contribution in [0, 0.1) is 5.92 Å². The lowest BCUT2D eigenvalue weighted by molar-refractivity contribution is -0.140. The molecule has 0 atom stereocenters. The molecule has 10 heteroatoms. The van der Waals surface area contributed by atoms with Crippen molar-refractivity contribution >= 4 is 11.0 Å². The summed E-state index contributed by atoms with van der Waals surface area (Å²) >= 11 is 0. The summed E-state index contributed by atoms with van der Waals surface area (Å²) in [4.78, 5) is 8.36. The second-order valence-electron chi connectivity index (χ2n) is 6.71. The summed E-state index contributed by atoms with van der Waals surface area (Å²) in [7, 11) is 1.37. The Bertz CT molecular complexity index is 928. The molecule has 4 rings (SSSR count). The molecule has 7 nitrogen and oxygen atoms in total. The van der Waals surface area contributed by atoms with Crippen LogP contribution >= 0.6 is 0 Å². The van der Waals surface area contributed by atoms with Gasteiger partial charge in [0.15, 0.2) is 5.69 Å². The minimum atomic E-state index is -4.63. The molecule has 144 valence electrons. The van der Waals surface area contributed by atoms with Crippen LogP contribution in [0.2, 0.25) is 0 Å². The quantitative estimate of drug-likeness (QED) is 0.691. The molecule has 0 N–H and O–H groups in total. The third-order valence-electron chi connectivity index (χ3n) is 4.87. The van der Waals surface area contributed by atoms with Gasteiger partial charge in [-0.15, -0.1) is 0 Å². The van der Waals surface area contributed by atoms with Gasteiger partial charge in [0.25, 0.3) is 5.95 Å². The molecule has 3 aromatic rings. The minimum absolute atomic E-state index is 0.00654. The van der Waals surface area contributed by atoms with Gasteiger partial charge in [-0.2, -0.15) is 28.4 Å². The Balaban J connectivity index is 1.88. The fourth-order valence-corrected chi connectivity index (χ4v) is 3.61. The number of alkyl halides is 3. The molecule has 0 radical (unpaired) electrons. The molecule has 1 saturated carbocycles. The van der Waals surface area contributed by atoms with E-state index in [2.05, 4.69) is 20.2 Å². The van der Waals surface area contributed by atoms with Crippen LogP contribution in [0.25, 0.3) is 17.0 Å². The van der Waals surface area contributed by atoms with Crippen molar-refractivity contribution in [1.29, 1.82) is 0 Å². The van der Waals surface area contributed by atoms with Crippen LogP contribution in [0.5, 0.6) is 5.88 Å². The molecule has 1 fully saturated rings. The SMILES string of the molecule is COc1nc(-n2cccn2)nc2c(C(F)(F)F)nn(CC3CCCCC3)c12. The number of rotatable bonds is 4. The lowest BCUT2D eigenvalue weighted by atomic mass is 9.89. The summed E-state index contributed by atoms with van der Waals surface area (Å²) in [6, 6.07) is 1.64. The lowest BCUT2D eigenvalue weighted by Gasteiger charge is -2.21. The van der Waals surface area contributed by atoms with Gasteiger partial charge in [-0.05, 0) is 24.8 Å². The molecule has 0 spiro atoms. The van der Waals surface area contributed by atoms with Crippen molar-refractivity contribution in [1.82, 2.24) is 29.5 Å². The van der Waals surface area contributed by atoms with Crippen molar-refractivity contribution in [2.75, 3.05) is 7.11 Å². The average Bonchev–Trinajstić information content (AvgIpc) is 3.30. The molecule has 0 aromatic carbocycles. The van der Waals surface area contributed by atoms with Gasteiger partial charge in [0.1, 0.15) is 11.0 Å². The molecule has 0 amide bonds. The predicted molar refractivity (Wildman–Crippen MR) is 90.6 cm³/mol. The first-order valence-corrected chi connectivity index (χ1v) is 8.87. The van der Waals surface area contributed by atoms with E-state index in [0.29, 0.717) is 12.5 Å². The van der Waals surface area contributed by atoms with E-state index in [1.54, 1.807) is 12.3 Å². The molecule has 1 aliphatic rings. The van der Waals surface area contributed by atoms with E-state index in [4.69, 9.17) is 4.74 Å². The highest BCUT2D eigenvalue weighted by molar-refractivity contribution is 5.83. The normalized spacial score (nSPS) is 16.1. The van der Waals surface area contributed by atoms with Gasteiger partial charge in [0.05, 0.1) is 7.11 Å². The maximum absolute atomic E-state index is 13.6. The molecule has 3 heterocycles. The fourth-order valence-electron chi connectivity index (χ4n) is 3.61. The van der Waals surface area contributed by atoms with Crippen LogP contribution in [0.3, 0.4) is 0 Å². The van der Waals surface area contributed by atoms with Crippen LogP contribution in [-0.2, 0) is 12.7 Å². The molecular formula is C17H19F3N6O. The average molecular weight is 380 g/mol. The van der Waals surface area contributed by atoms with E-state index in [9.17, 15) is 13.2 Å². The van der Waals surface area contributed by atoms with Crippen molar-refractivity contribution in [2.24, 2.45) is 5.92 Å². The number of fused-ring (bicyclic) bond motifs is 1. The number of ether oxygens (including phenoxy) is 1. The van der Waals surface area contributed by atoms with Crippen LogP contribution in [0.15, 0.2) is 18.5 Å². The van der Waals surface area contributed by atoms with Gasteiger partial charge in [-0.25, -0.2) is 9.67 Å². The monoisotopic (exact) mass is 380 g/mol. The summed E-state index contributed by atoms with van der Waals surface area (Å²) in [5.74, 6) is 0.356. The molecule has 0 saturated heterocycles. The van der Waals surface area contributed by atoms with Gasteiger partial charge in [0, 0.05) is 18.9 Å². The van der Waals surface area contributed by atoms with Gasteiger partial charge in [0.2, 0.25) is 5.88 Å². The molecular weight excluding hydrogens is 361 g/mol. The fraction of sp³-hybridized carbons (Fsp3) is 0.529. The van der Waals surface area contributed by atoms with Crippen LogP contribution < -0.4 is 4.74 Å². The third-order valence-corrected chi connectivity index (χ3v) is 4.87. The minimum Gasteiger partial charge on any atom is -0.479 e. The first-order valence-electron chi connectivity index (χ1n) is 8.87. The van der Waals surface area contributed by atoms with Crippen molar-refractivity contribution in [3.63, 3.8) is 0 Å². The van der Waals surface area contributed by atoms with Gasteiger partial charge in [-0.3, -0.25) is 4.68 Å². The van der Waals surface area contributed by atoms with E-state index >= 15 is 0 Å². The molecule has 0 unspecified atom stereocenters. The van der Waals surface area contributed by atoms with Crippen LogP contribution in [-0.4, -0.2) is 36.6 Å². The van der Waals surface area contributed by atoms with Crippen molar-refractivity contribution in [3.8, 4) is 11.8 Å². The zero-order valence-corrected chi connectivity index (χ0v) is 14.8. The van der Waals surface area contributed by atoms with E-state index < -0.39 is 11.9 Å². The maximum Gasteiger partial charge on any atom is 0.437 e. The number of halogens is 3. The third kappa shape index (κ3) is 3.35. The predicted octanol–water partition coefficient (Wildman–Crippen LogP) is 3.62. The van der Waals surface area contributed by atoms with Gasteiger partial charge in [-0.1, -0.05) is 19.3 Å². The number of methoxy groups -OCH3 is 1. The summed E-state index contributed by atoms with van der Waals surface area (Å²) in [6.07, 6.45) is 3.74. The standard InChI is InChI=1S/C17H19F3N6O/c1-27-15-13-12(22-16(23-15)25-9-5-8-21-25)14(17(18,19)20)24-26(13)10-11-6-3-2-4-7-11/h5,8-9,11H,2-4,6-7,10H2,1H3. The summed E-state index contributed by atoms with van der Waals surface area (Å²) in [5.41, 5.74) is -1.12. The molecule has 3 aromatic heterocycles. The smallest absolute Gasteiger partial charge is 0.437 e. The Morgan fingerprint density at radius 2 is 1.96 bits per heavy atom. The second kappa shape index (κ2) is 6.82. The Kier molecular flexibility index (Phi) is 4.48. The van der Waals surface area contributed by atoms with Crippen LogP contribution in [0.4, 0.5) is 13.2 Å². The highest BCUT2D eigenvalue weighted by Crippen LogP contribution is 2.37. The number of aromatic nitrogens is 6. The zero-order valence-electron chi connectivity index (χ0n) is 14.8. The Morgan fingerprint density at radius 1 is 1.19 bits per heavy atom. The van der Waals surface area contributed by atoms with Crippen molar-refractivity contribution in [2.45, 2.75) is 44.8 Å². The first-order chi connectivity index (χ1) is 13.0. The van der Waals surface area contributed by atoms with Crippen molar-refractivity contribution < 1.29 is 17.9 Å². The van der Waals surface area contributed by atoms with Gasteiger partial charge < -0.3 is 4.74 Å². The first kappa shape index (κ1) is 17.7. The highest BCUT2D eigenvalue weighted by Gasteiger charge is 2.39. The van der Waals surface area contributed by atoms with Crippen LogP contribution in [0.1, 0.15) is 37.8 Å². The molecule has 1 aliphatic carbocycles. The molecule has 27 heavy (non-hydrogen) atoms. The van der Waals surface area contributed by atoms with E-state index in [-0.39, 0.29) is 22.9 Å². The number of hydrogen-bond acceptors (Lipinski definition) is 5. The zero-order chi connectivity index (χ0) is 19.0.